The van der Waals surface area contributed by atoms with Crippen molar-refractivity contribution in [3.63, 3.8) is 0 Å². The summed E-state index contributed by atoms with van der Waals surface area (Å²) in [5.74, 6) is 0. The zero-order chi connectivity index (χ0) is 10.6. The van der Waals surface area contributed by atoms with Gasteiger partial charge in [0.15, 0.2) is 0 Å². The lowest BCUT2D eigenvalue weighted by Gasteiger charge is -2.20. The largest absolute Gasteiger partial charge is 0.396 e. The summed E-state index contributed by atoms with van der Waals surface area (Å²) in [6, 6.07) is 10.1. The monoisotopic (exact) mass is 301 g/mol. The summed E-state index contributed by atoms with van der Waals surface area (Å²) in [4.78, 5) is 0. The zero-order valence-corrected chi connectivity index (χ0v) is 10.2. The second-order valence-corrected chi connectivity index (χ2v) is 4.67. The van der Waals surface area contributed by atoms with Crippen LogP contribution < -0.4 is 0 Å². The average molecular weight is 301 g/mol. The molecular weight excluding hydrogens is 289 g/mol. The summed E-state index contributed by atoms with van der Waals surface area (Å²) >= 11 is 2.22. The van der Waals surface area contributed by atoms with Crippen LogP contribution in [0, 0.1) is 14.9 Å². The van der Waals surface area contributed by atoms with E-state index in [0.717, 1.165) is 9.13 Å². The Bertz CT molecular complexity index is 359. The first-order chi connectivity index (χ1) is 6.62. The van der Waals surface area contributed by atoms with Crippen LogP contribution in [0.5, 0.6) is 0 Å². The lowest BCUT2D eigenvalue weighted by atomic mass is 9.81. The van der Waals surface area contributed by atoms with E-state index < -0.39 is 5.41 Å². The summed E-state index contributed by atoms with van der Waals surface area (Å²) < 4.78 is 1.11. The summed E-state index contributed by atoms with van der Waals surface area (Å²) in [7, 11) is 0. The molecule has 0 aliphatic heterocycles. The molecule has 1 N–H and O–H groups in total. The highest BCUT2D eigenvalue weighted by Crippen LogP contribution is 2.27. The van der Waals surface area contributed by atoms with Crippen LogP contribution in [-0.2, 0) is 5.41 Å². The molecule has 1 unspecified atom stereocenters. The molecule has 0 aromatic heterocycles. The molecule has 0 saturated carbocycles. The van der Waals surface area contributed by atoms with E-state index in [1.807, 2.05) is 31.2 Å². The highest BCUT2D eigenvalue weighted by molar-refractivity contribution is 14.1. The number of benzene rings is 1. The summed E-state index contributed by atoms with van der Waals surface area (Å²) in [5.41, 5.74) is 0.400. The Hall–Kier alpha value is -0.600. The average Bonchev–Trinajstić information content (AvgIpc) is 2.18. The predicted octanol–water partition coefficient (Wildman–Crippen LogP) is 2.45. The Morgan fingerprint density at radius 2 is 2.29 bits per heavy atom. The Labute approximate surface area is 97.7 Å². The van der Waals surface area contributed by atoms with Gasteiger partial charge in [-0.2, -0.15) is 5.26 Å². The van der Waals surface area contributed by atoms with Gasteiger partial charge in [-0.1, -0.05) is 12.1 Å². The topological polar surface area (TPSA) is 44.0 Å². The number of halogens is 1. The van der Waals surface area contributed by atoms with Crippen LogP contribution in [0.25, 0.3) is 0 Å². The van der Waals surface area contributed by atoms with E-state index >= 15 is 0 Å². The van der Waals surface area contributed by atoms with Crippen molar-refractivity contribution < 1.29 is 5.11 Å². The molecule has 1 atom stereocenters. The van der Waals surface area contributed by atoms with Gasteiger partial charge < -0.3 is 5.11 Å². The van der Waals surface area contributed by atoms with Crippen LogP contribution in [-0.4, -0.2) is 11.7 Å². The standard InChI is InChI=1S/C11H12INO/c1-11(8-13,5-6-14)9-3-2-4-10(12)7-9/h2-4,7,14H,5-6H2,1H3. The van der Waals surface area contributed by atoms with Crippen LogP contribution in [0.4, 0.5) is 0 Å². The van der Waals surface area contributed by atoms with E-state index in [0.29, 0.717) is 6.42 Å². The van der Waals surface area contributed by atoms with Gasteiger partial charge in [0.1, 0.15) is 0 Å². The van der Waals surface area contributed by atoms with Gasteiger partial charge >= 0.3 is 0 Å². The van der Waals surface area contributed by atoms with Gasteiger partial charge in [0, 0.05) is 10.2 Å². The summed E-state index contributed by atoms with van der Waals surface area (Å²) in [5, 5.41) is 18.0. The Morgan fingerprint density at radius 3 is 2.79 bits per heavy atom. The molecule has 0 heterocycles. The second-order valence-electron chi connectivity index (χ2n) is 3.43. The molecule has 3 heteroatoms. The first-order valence-electron chi connectivity index (χ1n) is 4.40. The molecule has 0 saturated heterocycles. The van der Waals surface area contributed by atoms with Crippen molar-refractivity contribution in [2.75, 3.05) is 6.61 Å². The van der Waals surface area contributed by atoms with Crippen molar-refractivity contribution in [2.45, 2.75) is 18.8 Å². The van der Waals surface area contributed by atoms with Crippen molar-refractivity contribution in [1.82, 2.24) is 0 Å². The number of aliphatic hydroxyl groups excluding tert-OH is 1. The van der Waals surface area contributed by atoms with Crippen LogP contribution >= 0.6 is 22.6 Å². The lowest BCUT2D eigenvalue weighted by Crippen LogP contribution is -2.21. The number of nitriles is 1. The number of aliphatic hydroxyl groups is 1. The van der Waals surface area contributed by atoms with Gasteiger partial charge in [-0.15, -0.1) is 0 Å². The molecule has 0 spiro atoms. The van der Waals surface area contributed by atoms with Crippen molar-refractivity contribution in [3.05, 3.63) is 33.4 Å². The van der Waals surface area contributed by atoms with Gasteiger partial charge in [-0.05, 0) is 53.6 Å². The number of nitrogens with zero attached hydrogens (tertiary/aromatic N) is 1. The molecule has 2 nitrogen and oxygen atoms in total. The molecule has 0 aliphatic carbocycles. The Balaban J connectivity index is 3.07. The van der Waals surface area contributed by atoms with Gasteiger partial charge in [0.2, 0.25) is 0 Å². The van der Waals surface area contributed by atoms with Crippen LogP contribution in [0.3, 0.4) is 0 Å². The van der Waals surface area contributed by atoms with Gasteiger partial charge in [0.25, 0.3) is 0 Å². The number of hydrogen-bond donors (Lipinski definition) is 1. The normalized spacial score (nSPS) is 14.4. The molecule has 0 bridgehead atoms. The quantitative estimate of drug-likeness (QED) is 0.872. The lowest BCUT2D eigenvalue weighted by molar-refractivity contribution is 0.264. The van der Waals surface area contributed by atoms with Crippen LogP contribution in [0.1, 0.15) is 18.9 Å². The smallest absolute Gasteiger partial charge is 0.0816 e. The Morgan fingerprint density at radius 1 is 1.57 bits per heavy atom. The SMILES string of the molecule is CC(C#N)(CCO)c1cccc(I)c1. The fourth-order valence-corrected chi connectivity index (χ4v) is 1.86. The summed E-state index contributed by atoms with van der Waals surface area (Å²) in [6.07, 6.45) is 0.476. The highest BCUT2D eigenvalue weighted by Gasteiger charge is 2.25. The first kappa shape index (κ1) is 11.5. The minimum Gasteiger partial charge on any atom is -0.396 e. The molecule has 0 amide bonds. The van der Waals surface area contributed by atoms with Crippen LogP contribution in [0.15, 0.2) is 24.3 Å². The van der Waals surface area contributed by atoms with E-state index in [1.165, 1.54) is 0 Å². The van der Waals surface area contributed by atoms with Crippen molar-refractivity contribution in [2.24, 2.45) is 0 Å². The fourth-order valence-electron chi connectivity index (χ4n) is 1.32. The van der Waals surface area contributed by atoms with Gasteiger partial charge in [-0.25, -0.2) is 0 Å². The van der Waals surface area contributed by atoms with E-state index in [1.54, 1.807) is 0 Å². The molecule has 1 aromatic rings. The van der Waals surface area contributed by atoms with Crippen molar-refractivity contribution >= 4 is 22.6 Å². The maximum atomic E-state index is 9.10. The number of hydrogen-bond acceptors (Lipinski definition) is 2. The second kappa shape index (κ2) is 4.76. The van der Waals surface area contributed by atoms with Gasteiger partial charge in [0.05, 0.1) is 11.5 Å². The molecule has 74 valence electrons. The predicted molar refractivity (Wildman–Crippen MR) is 63.8 cm³/mol. The third-order valence-electron chi connectivity index (χ3n) is 2.32. The molecule has 1 aromatic carbocycles. The molecular formula is C11H12INO. The molecule has 1 rings (SSSR count). The molecule has 14 heavy (non-hydrogen) atoms. The number of rotatable bonds is 3. The maximum absolute atomic E-state index is 9.10. The molecule has 0 radical (unpaired) electrons. The fraction of sp³-hybridized carbons (Fsp3) is 0.364. The zero-order valence-electron chi connectivity index (χ0n) is 8.00. The van der Waals surface area contributed by atoms with Crippen molar-refractivity contribution in [3.8, 4) is 6.07 Å². The van der Waals surface area contributed by atoms with E-state index in [-0.39, 0.29) is 6.61 Å². The first-order valence-corrected chi connectivity index (χ1v) is 5.48. The van der Waals surface area contributed by atoms with E-state index in [4.69, 9.17) is 10.4 Å². The Kier molecular flexibility index (Phi) is 3.90. The highest BCUT2D eigenvalue weighted by atomic mass is 127. The third kappa shape index (κ3) is 2.46. The molecule has 0 aliphatic rings. The summed E-state index contributed by atoms with van der Waals surface area (Å²) in [6.45, 7) is 1.89. The van der Waals surface area contributed by atoms with Crippen LogP contribution in [0.2, 0.25) is 0 Å². The van der Waals surface area contributed by atoms with Crippen molar-refractivity contribution in [1.29, 1.82) is 5.26 Å². The third-order valence-corrected chi connectivity index (χ3v) is 2.99. The maximum Gasteiger partial charge on any atom is 0.0816 e. The van der Waals surface area contributed by atoms with Gasteiger partial charge in [-0.3, -0.25) is 0 Å². The van der Waals surface area contributed by atoms with E-state index in [9.17, 15) is 0 Å². The van der Waals surface area contributed by atoms with E-state index in [2.05, 4.69) is 28.7 Å². The minimum atomic E-state index is -0.573. The molecule has 0 fully saturated rings. The minimum absolute atomic E-state index is 0.0372.